The fourth-order valence-corrected chi connectivity index (χ4v) is 2.36. The third-order valence-corrected chi connectivity index (χ3v) is 3.55. The van der Waals surface area contributed by atoms with E-state index in [9.17, 15) is 5.26 Å². The Morgan fingerprint density at radius 1 is 1.32 bits per heavy atom. The zero-order chi connectivity index (χ0) is 13.5. The Morgan fingerprint density at radius 3 is 2.84 bits per heavy atom. The topological polar surface area (TPSA) is 78.5 Å². The monoisotopic (exact) mass is 249 g/mol. The van der Waals surface area contributed by atoms with E-state index in [1.807, 2.05) is 30.4 Å². The van der Waals surface area contributed by atoms with Crippen molar-refractivity contribution < 1.29 is 0 Å². The summed E-state index contributed by atoms with van der Waals surface area (Å²) >= 11 is 0. The standard InChI is InChI=1S/C15H13N4/c1-15(5-3-2-4-6-15)11-7-10(9-16)13-12(8-11)14(17)19-18-13/h2-8H,1H3,(H3,17,18,19). The average molecular weight is 249 g/mol. The molecule has 1 aliphatic carbocycles. The Kier molecular flexibility index (Phi) is 2.42. The molecule has 93 valence electrons. The van der Waals surface area contributed by atoms with E-state index >= 15 is 0 Å². The summed E-state index contributed by atoms with van der Waals surface area (Å²) in [6.07, 6.45) is 10.2. The van der Waals surface area contributed by atoms with Gasteiger partial charge in [-0.3, -0.25) is 5.10 Å². The minimum Gasteiger partial charge on any atom is -0.382 e. The minimum atomic E-state index is -0.224. The first kappa shape index (κ1) is 11.5. The van der Waals surface area contributed by atoms with Crippen molar-refractivity contribution in [1.29, 1.82) is 5.26 Å². The highest BCUT2D eigenvalue weighted by molar-refractivity contribution is 5.93. The second-order valence-corrected chi connectivity index (χ2v) is 4.86. The molecule has 3 N–H and O–H groups in total. The summed E-state index contributed by atoms with van der Waals surface area (Å²) in [6, 6.07) is 6.08. The molecule has 0 saturated carbocycles. The number of fused-ring (bicyclic) bond motifs is 1. The summed E-state index contributed by atoms with van der Waals surface area (Å²) in [7, 11) is 0. The van der Waals surface area contributed by atoms with Gasteiger partial charge in [0.1, 0.15) is 6.07 Å². The number of allylic oxidation sites excluding steroid dienone is 4. The molecular weight excluding hydrogens is 236 g/mol. The van der Waals surface area contributed by atoms with Gasteiger partial charge in [0.2, 0.25) is 0 Å². The molecule has 0 bridgehead atoms. The van der Waals surface area contributed by atoms with Crippen molar-refractivity contribution in [3.05, 3.63) is 54.0 Å². The number of hydrogen-bond donors (Lipinski definition) is 2. The van der Waals surface area contributed by atoms with Gasteiger partial charge in [-0.15, -0.1) is 0 Å². The highest BCUT2D eigenvalue weighted by Crippen LogP contribution is 2.35. The van der Waals surface area contributed by atoms with Crippen LogP contribution in [0.4, 0.5) is 5.82 Å². The smallest absolute Gasteiger partial charge is 0.153 e. The number of nitrogens with one attached hydrogen (secondary N) is 1. The zero-order valence-corrected chi connectivity index (χ0v) is 10.5. The summed E-state index contributed by atoms with van der Waals surface area (Å²) in [5.74, 6) is 0.423. The normalized spacial score (nSPS) is 21.7. The van der Waals surface area contributed by atoms with Gasteiger partial charge in [0.15, 0.2) is 5.82 Å². The van der Waals surface area contributed by atoms with Crippen LogP contribution in [0.25, 0.3) is 10.9 Å². The molecule has 1 aromatic carbocycles. The Morgan fingerprint density at radius 2 is 2.16 bits per heavy atom. The van der Waals surface area contributed by atoms with E-state index in [0.717, 1.165) is 10.9 Å². The summed E-state index contributed by atoms with van der Waals surface area (Å²) in [4.78, 5) is 0. The highest BCUT2D eigenvalue weighted by Gasteiger charge is 2.25. The molecule has 1 radical (unpaired) electrons. The first-order valence-electron chi connectivity index (χ1n) is 6.02. The van der Waals surface area contributed by atoms with Gasteiger partial charge in [0, 0.05) is 10.8 Å². The maximum atomic E-state index is 9.27. The summed E-state index contributed by atoms with van der Waals surface area (Å²) < 4.78 is 0. The fourth-order valence-electron chi connectivity index (χ4n) is 2.36. The Labute approximate surface area is 111 Å². The lowest BCUT2D eigenvalue weighted by Gasteiger charge is -2.27. The molecule has 4 nitrogen and oxygen atoms in total. The van der Waals surface area contributed by atoms with Crippen molar-refractivity contribution in [3.63, 3.8) is 0 Å². The molecule has 1 heterocycles. The van der Waals surface area contributed by atoms with Crippen LogP contribution in [0.15, 0.2) is 36.4 Å². The van der Waals surface area contributed by atoms with Crippen LogP contribution in [0.2, 0.25) is 0 Å². The average Bonchev–Trinajstić information content (AvgIpc) is 2.80. The van der Waals surface area contributed by atoms with Gasteiger partial charge in [-0.05, 0) is 24.1 Å². The number of hydrogen-bond acceptors (Lipinski definition) is 3. The second-order valence-electron chi connectivity index (χ2n) is 4.86. The lowest BCUT2D eigenvalue weighted by Crippen LogP contribution is -2.20. The number of nitriles is 1. The molecule has 1 unspecified atom stereocenters. The maximum absolute atomic E-state index is 9.27. The van der Waals surface area contributed by atoms with Crippen LogP contribution in [-0.2, 0) is 5.41 Å². The largest absolute Gasteiger partial charge is 0.382 e. The van der Waals surface area contributed by atoms with Crippen molar-refractivity contribution >= 4 is 16.7 Å². The van der Waals surface area contributed by atoms with Crippen LogP contribution in [0.1, 0.15) is 18.1 Å². The Hall–Kier alpha value is -2.54. The quantitative estimate of drug-likeness (QED) is 0.815. The highest BCUT2D eigenvalue weighted by atomic mass is 15.1. The predicted molar refractivity (Wildman–Crippen MR) is 75.2 cm³/mol. The molecule has 0 amide bonds. The fraction of sp³-hybridized carbons (Fsp3) is 0.133. The van der Waals surface area contributed by atoms with Crippen LogP contribution in [0.5, 0.6) is 0 Å². The van der Waals surface area contributed by atoms with E-state index in [1.54, 1.807) is 0 Å². The third kappa shape index (κ3) is 1.71. The number of nitrogens with two attached hydrogens (primary N) is 1. The number of benzene rings is 1. The molecule has 0 fully saturated rings. The number of H-pyrrole nitrogens is 1. The summed E-state index contributed by atoms with van der Waals surface area (Å²) in [5.41, 5.74) is 7.92. The number of aromatic nitrogens is 2. The number of nitrogens with zero attached hydrogens (tertiary/aromatic N) is 2. The number of rotatable bonds is 1. The van der Waals surface area contributed by atoms with Crippen LogP contribution in [-0.4, -0.2) is 10.2 Å². The van der Waals surface area contributed by atoms with Crippen LogP contribution >= 0.6 is 0 Å². The minimum absolute atomic E-state index is 0.224. The number of aromatic amines is 1. The maximum Gasteiger partial charge on any atom is 0.153 e. The summed E-state index contributed by atoms with van der Waals surface area (Å²) in [5, 5.41) is 16.9. The van der Waals surface area contributed by atoms with E-state index in [-0.39, 0.29) is 5.41 Å². The SMILES string of the molecule is CC1(c2cc(C#N)c3[nH]nc(N)c3c2)[CH]C=CC=C1. The first-order chi connectivity index (χ1) is 9.14. The molecule has 0 saturated heterocycles. The van der Waals surface area contributed by atoms with Crippen molar-refractivity contribution in [2.24, 2.45) is 0 Å². The van der Waals surface area contributed by atoms with E-state index < -0.39 is 0 Å². The van der Waals surface area contributed by atoms with E-state index in [2.05, 4.69) is 35.7 Å². The van der Waals surface area contributed by atoms with Crippen molar-refractivity contribution in [2.75, 3.05) is 5.73 Å². The van der Waals surface area contributed by atoms with E-state index in [0.29, 0.717) is 16.9 Å². The van der Waals surface area contributed by atoms with Gasteiger partial charge < -0.3 is 5.73 Å². The molecule has 4 heteroatoms. The first-order valence-corrected chi connectivity index (χ1v) is 6.02. The second kappa shape index (κ2) is 3.99. The van der Waals surface area contributed by atoms with Crippen LogP contribution in [0.3, 0.4) is 0 Å². The molecule has 19 heavy (non-hydrogen) atoms. The van der Waals surface area contributed by atoms with E-state index in [1.165, 1.54) is 0 Å². The van der Waals surface area contributed by atoms with Crippen LogP contribution < -0.4 is 5.73 Å². The summed E-state index contributed by atoms with van der Waals surface area (Å²) in [6.45, 7) is 2.10. The zero-order valence-electron chi connectivity index (χ0n) is 10.5. The van der Waals surface area contributed by atoms with Gasteiger partial charge in [0.25, 0.3) is 0 Å². The van der Waals surface area contributed by atoms with Crippen LogP contribution in [0, 0.1) is 17.8 Å². The number of nitrogen functional groups attached to an aromatic ring is 1. The van der Waals surface area contributed by atoms with Crippen molar-refractivity contribution in [2.45, 2.75) is 12.3 Å². The lowest BCUT2D eigenvalue weighted by atomic mass is 9.76. The molecule has 2 aromatic rings. The van der Waals surface area contributed by atoms with Gasteiger partial charge in [-0.25, -0.2) is 0 Å². The molecule has 0 spiro atoms. The Balaban J connectivity index is 2.25. The van der Waals surface area contributed by atoms with Gasteiger partial charge >= 0.3 is 0 Å². The number of anilines is 1. The molecule has 1 aromatic heterocycles. The van der Waals surface area contributed by atoms with Gasteiger partial charge in [-0.2, -0.15) is 10.4 Å². The third-order valence-electron chi connectivity index (χ3n) is 3.55. The van der Waals surface area contributed by atoms with Gasteiger partial charge in [-0.1, -0.05) is 31.2 Å². The molecule has 1 aliphatic rings. The molecular formula is C15H13N4. The molecule has 3 rings (SSSR count). The van der Waals surface area contributed by atoms with Crippen molar-refractivity contribution in [1.82, 2.24) is 10.2 Å². The van der Waals surface area contributed by atoms with E-state index in [4.69, 9.17) is 5.73 Å². The predicted octanol–water partition coefficient (Wildman–Crippen LogP) is 2.60. The van der Waals surface area contributed by atoms with Gasteiger partial charge in [0.05, 0.1) is 11.1 Å². The Bertz CT molecular complexity index is 745. The van der Waals surface area contributed by atoms with Crippen molar-refractivity contribution in [3.8, 4) is 6.07 Å². The molecule has 0 aliphatic heterocycles. The lowest BCUT2D eigenvalue weighted by molar-refractivity contribution is 0.711. The molecule has 1 atom stereocenters.